The molecular weight excluding hydrogens is 518 g/mol. The van der Waals surface area contributed by atoms with Gasteiger partial charge in [0.25, 0.3) is 0 Å². The average Bonchev–Trinajstić information content (AvgIpc) is 3.87. The third kappa shape index (κ3) is 5.17. The van der Waals surface area contributed by atoms with Crippen molar-refractivity contribution in [1.29, 1.82) is 0 Å². The predicted octanol–water partition coefficient (Wildman–Crippen LogP) is 6.41. The van der Waals surface area contributed by atoms with Gasteiger partial charge in [-0.2, -0.15) is 5.10 Å². The first-order valence-electron chi connectivity index (χ1n) is 15.2. The Hall–Kier alpha value is -3.20. The average molecular weight is 560 g/mol. The lowest BCUT2D eigenvalue weighted by Crippen LogP contribution is -2.51. The number of hydrogen-bond acceptors (Lipinski definition) is 7. The van der Waals surface area contributed by atoms with Crippen molar-refractivity contribution in [3.8, 4) is 17.3 Å². The van der Waals surface area contributed by atoms with Gasteiger partial charge in [-0.1, -0.05) is 13.0 Å². The summed E-state index contributed by atoms with van der Waals surface area (Å²) in [6, 6.07) is 6.73. The van der Waals surface area contributed by atoms with Gasteiger partial charge in [0, 0.05) is 24.0 Å². The largest absolute Gasteiger partial charge is 0.471 e. The molecule has 4 heterocycles. The molecule has 2 aliphatic carbocycles. The van der Waals surface area contributed by atoms with E-state index in [1.54, 1.807) is 17.3 Å². The topological polar surface area (TPSA) is 91.6 Å². The summed E-state index contributed by atoms with van der Waals surface area (Å²) in [4.78, 5) is 24.1. The number of carbonyl (C=O) groups excluding carboxylic acids is 1. The van der Waals surface area contributed by atoms with Crippen molar-refractivity contribution in [1.82, 2.24) is 24.6 Å². The summed E-state index contributed by atoms with van der Waals surface area (Å²) in [5, 5.41) is 6.16. The van der Waals surface area contributed by atoms with Crippen LogP contribution in [0.15, 0.2) is 30.6 Å². The van der Waals surface area contributed by atoms with E-state index in [1.165, 1.54) is 18.4 Å². The molecule has 9 nitrogen and oxygen atoms in total. The molecule has 3 aromatic rings. The Morgan fingerprint density at radius 1 is 1.10 bits per heavy atom. The van der Waals surface area contributed by atoms with Gasteiger partial charge in [-0.15, -0.1) is 0 Å². The molecule has 4 aliphatic rings. The van der Waals surface area contributed by atoms with E-state index in [0.717, 1.165) is 61.7 Å². The smallest absolute Gasteiger partial charge is 0.410 e. The number of ether oxygens (including phenoxy) is 3. The Bertz CT molecular complexity index is 1460. The van der Waals surface area contributed by atoms with Crippen molar-refractivity contribution in [3.05, 3.63) is 36.2 Å². The number of piperidine rings is 1. The zero-order chi connectivity index (χ0) is 28.4. The van der Waals surface area contributed by atoms with E-state index in [2.05, 4.69) is 30.1 Å². The standard InChI is InChI=1S/C32H41N5O4/c1-30(2,3)41-29(38)36-15-14-32(12-13-32)25(20-36)40-26-19-33-18-23(34-26)28-22-17-21(31(4)10-11-31)8-9-24(22)37(35-28)27-7-5-6-16-39-27/h8-9,17-19,25,27H,5-7,10-16,20H2,1-4H3. The molecular formula is C32H41N5O4. The number of amides is 1. The third-order valence-corrected chi connectivity index (χ3v) is 9.44. The van der Waals surface area contributed by atoms with Crippen molar-refractivity contribution in [2.24, 2.45) is 5.41 Å². The first-order chi connectivity index (χ1) is 19.6. The van der Waals surface area contributed by atoms with Gasteiger partial charge >= 0.3 is 6.09 Å². The normalized spacial score (nSPS) is 24.8. The Morgan fingerprint density at radius 3 is 2.63 bits per heavy atom. The molecule has 2 saturated heterocycles. The molecule has 218 valence electrons. The minimum atomic E-state index is -0.534. The van der Waals surface area contributed by atoms with Crippen molar-refractivity contribution < 1.29 is 19.0 Å². The maximum Gasteiger partial charge on any atom is 0.410 e. The highest BCUT2D eigenvalue weighted by Gasteiger charge is 2.54. The second-order valence-corrected chi connectivity index (χ2v) is 13.8. The van der Waals surface area contributed by atoms with E-state index >= 15 is 0 Å². The Balaban J connectivity index is 1.20. The predicted molar refractivity (Wildman–Crippen MR) is 155 cm³/mol. The van der Waals surface area contributed by atoms with Crippen LogP contribution in [0.25, 0.3) is 22.3 Å². The van der Waals surface area contributed by atoms with Crippen LogP contribution >= 0.6 is 0 Å². The lowest BCUT2D eigenvalue weighted by atomic mass is 9.90. The van der Waals surface area contributed by atoms with Crippen LogP contribution in [-0.2, 0) is 14.9 Å². The molecule has 0 N–H and O–H groups in total. The highest BCUT2D eigenvalue weighted by atomic mass is 16.6. The monoisotopic (exact) mass is 559 g/mol. The van der Waals surface area contributed by atoms with E-state index in [-0.39, 0.29) is 29.3 Å². The van der Waals surface area contributed by atoms with Gasteiger partial charge < -0.3 is 19.1 Å². The summed E-state index contributed by atoms with van der Waals surface area (Å²) >= 11 is 0. The number of aromatic nitrogens is 4. The van der Waals surface area contributed by atoms with Crippen LogP contribution in [0.1, 0.15) is 90.9 Å². The molecule has 1 aromatic carbocycles. The minimum absolute atomic E-state index is 0.0782. The first kappa shape index (κ1) is 26.7. The van der Waals surface area contributed by atoms with Gasteiger partial charge in [-0.25, -0.2) is 14.5 Å². The second-order valence-electron chi connectivity index (χ2n) is 13.8. The van der Waals surface area contributed by atoms with Crippen LogP contribution in [0.5, 0.6) is 5.88 Å². The van der Waals surface area contributed by atoms with E-state index in [9.17, 15) is 4.79 Å². The van der Waals surface area contributed by atoms with Crippen molar-refractivity contribution in [2.45, 2.75) is 102 Å². The maximum absolute atomic E-state index is 12.8. The highest BCUT2D eigenvalue weighted by Crippen LogP contribution is 2.55. The molecule has 2 aromatic heterocycles. The van der Waals surface area contributed by atoms with Crippen molar-refractivity contribution in [2.75, 3.05) is 19.7 Å². The van der Waals surface area contributed by atoms with Gasteiger partial charge in [0.15, 0.2) is 6.23 Å². The number of nitrogens with zero attached hydrogens (tertiary/aromatic N) is 5. The van der Waals surface area contributed by atoms with E-state index < -0.39 is 5.60 Å². The summed E-state index contributed by atoms with van der Waals surface area (Å²) < 4.78 is 20.4. The quantitative estimate of drug-likeness (QED) is 0.357. The number of hydrogen-bond donors (Lipinski definition) is 0. The van der Waals surface area contributed by atoms with Gasteiger partial charge in [-0.3, -0.25) is 4.98 Å². The first-order valence-corrected chi connectivity index (χ1v) is 15.2. The van der Waals surface area contributed by atoms with E-state index in [4.69, 9.17) is 24.3 Å². The molecule has 1 amide bonds. The molecule has 0 radical (unpaired) electrons. The summed E-state index contributed by atoms with van der Waals surface area (Å²) in [5.74, 6) is 0.465. The van der Waals surface area contributed by atoms with Crippen molar-refractivity contribution in [3.63, 3.8) is 0 Å². The van der Waals surface area contributed by atoms with Crippen LogP contribution in [0.4, 0.5) is 4.79 Å². The fraction of sp³-hybridized carbons (Fsp3) is 0.625. The van der Waals surface area contributed by atoms with Crippen LogP contribution in [0, 0.1) is 5.41 Å². The molecule has 4 fully saturated rings. The van der Waals surface area contributed by atoms with Crippen LogP contribution < -0.4 is 4.74 Å². The van der Waals surface area contributed by atoms with Gasteiger partial charge in [0.05, 0.1) is 24.5 Å². The molecule has 7 rings (SSSR count). The van der Waals surface area contributed by atoms with Crippen LogP contribution in [-0.4, -0.2) is 62.1 Å². The minimum Gasteiger partial charge on any atom is -0.471 e. The number of carbonyl (C=O) groups is 1. The molecule has 41 heavy (non-hydrogen) atoms. The lowest BCUT2D eigenvalue weighted by molar-refractivity contribution is -0.0365. The van der Waals surface area contributed by atoms with Crippen LogP contribution in [0.3, 0.4) is 0 Å². The lowest BCUT2D eigenvalue weighted by Gasteiger charge is -2.39. The number of fused-ring (bicyclic) bond motifs is 1. The van der Waals surface area contributed by atoms with Gasteiger partial charge in [0.1, 0.15) is 23.1 Å². The number of benzene rings is 1. The van der Waals surface area contributed by atoms with Crippen LogP contribution in [0.2, 0.25) is 0 Å². The molecule has 1 spiro atoms. The van der Waals surface area contributed by atoms with Gasteiger partial charge in [-0.05, 0) is 95.2 Å². The Kier molecular flexibility index (Phi) is 6.30. The third-order valence-electron chi connectivity index (χ3n) is 9.44. The SMILES string of the molecule is CC(C)(C)OC(=O)N1CCC2(CC2)C(Oc2cncc(-c3nn(C4CCCCO4)c4ccc(C5(C)CC5)cc34)n2)C1. The fourth-order valence-corrected chi connectivity index (χ4v) is 6.37. The van der Waals surface area contributed by atoms with Crippen molar-refractivity contribution >= 4 is 17.0 Å². The zero-order valence-corrected chi connectivity index (χ0v) is 24.7. The molecule has 2 saturated carbocycles. The molecule has 9 heteroatoms. The fourth-order valence-electron chi connectivity index (χ4n) is 6.37. The van der Waals surface area contributed by atoms with E-state index in [1.807, 2.05) is 25.5 Å². The summed E-state index contributed by atoms with van der Waals surface area (Å²) in [6.07, 6.45) is 11.6. The van der Waals surface area contributed by atoms with Gasteiger partial charge in [0.2, 0.25) is 5.88 Å². The summed E-state index contributed by atoms with van der Waals surface area (Å²) in [6.45, 7) is 9.94. The Labute approximate surface area is 241 Å². The highest BCUT2D eigenvalue weighted by molar-refractivity contribution is 5.93. The Morgan fingerprint density at radius 2 is 1.93 bits per heavy atom. The molecule has 2 aliphatic heterocycles. The summed E-state index contributed by atoms with van der Waals surface area (Å²) in [5.41, 5.74) is 3.69. The molecule has 2 atom stereocenters. The van der Waals surface area contributed by atoms with E-state index in [0.29, 0.717) is 24.7 Å². The summed E-state index contributed by atoms with van der Waals surface area (Å²) in [7, 11) is 0. The molecule has 0 bridgehead atoms. The molecule has 2 unspecified atom stereocenters. The second kappa shape index (κ2) is 9.68. The number of rotatable bonds is 5. The number of likely N-dealkylation sites (tertiary alicyclic amines) is 1. The maximum atomic E-state index is 12.8. The zero-order valence-electron chi connectivity index (χ0n) is 24.7.